The lowest BCUT2D eigenvalue weighted by Crippen LogP contribution is -2.52. The highest BCUT2D eigenvalue weighted by atomic mass is 35.5. The molecule has 17 nitrogen and oxygen atoms in total. The van der Waals surface area contributed by atoms with Crippen LogP contribution in [0.3, 0.4) is 0 Å². The largest absolute Gasteiger partial charge is 0.501 e. The molecule has 0 spiro atoms. The van der Waals surface area contributed by atoms with Crippen LogP contribution in [0.4, 0.5) is 24.5 Å². The smallest absolute Gasteiger partial charge is 0.493 e. The molecule has 4 aliphatic heterocycles. The summed E-state index contributed by atoms with van der Waals surface area (Å²) >= 11 is 7.66. The maximum atomic E-state index is 14.5. The first-order chi connectivity index (χ1) is 42.5. The molecule has 1 aliphatic carbocycles. The summed E-state index contributed by atoms with van der Waals surface area (Å²) in [5.74, 6) is -1.17. The maximum Gasteiger partial charge on any atom is 0.501 e. The molecule has 5 aliphatic rings. The van der Waals surface area contributed by atoms with Gasteiger partial charge in [0.15, 0.2) is 0 Å². The Labute approximate surface area is 528 Å². The second-order valence-corrected chi connectivity index (χ2v) is 29.4. The van der Waals surface area contributed by atoms with E-state index in [-0.39, 0.29) is 42.2 Å². The number of carbonyl (C=O) groups is 4. The highest BCUT2D eigenvalue weighted by molar-refractivity contribution is 7.99. The minimum absolute atomic E-state index is 0.0186. The Hall–Kier alpha value is -6.47. The van der Waals surface area contributed by atoms with Gasteiger partial charge in [-0.15, -0.1) is 11.8 Å². The van der Waals surface area contributed by atoms with Crippen molar-refractivity contribution in [3.63, 3.8) is 0 Å². The number of amides is 4. The number of piperidine rings is 1. The van der Waals surface area contributed by atoms with E-state index >= 15 is 0 Å². The molecule has 3 saturated heterocycles. The number of unbranched alkanes of at least 4 members (excludes halogenated alkanes) is 2. The highest BCUT2D eigenvalue weighted by Crippen LogP contribution is 2.43. The van der Waals surface area contributed by atoms with Gasteiger partial charge in [0, 0.05) is 116 Å². The summed E-state index contributed by atoms with van der Waals surface area (Å²) in [6.45, 7) is 13.7. The maximum absolute atomic E-state index is 14.5. The standard InChI is InChI=1S/C65H76ClF3N8O9S3/c1-64(2)28-26-53(45-14-18-48(66)19-15-45)47(41-64)42-75-35-37-76(38-36-75)50-20-16-46(17-21-50)61(79)72-89(84,85)52-22-23-56(59(40-52)88(82,83)65(67,68)69)70-49(44-87-51-10-5-3-6-11-51)27-30-74-33-31-73(32-34-74)29-7-4-8-39-86-58-13-9-12-54-55(58)43-77(63(54)81)57-24-25-60(78)71-62(57)80/h3,5-6,9-23,40,49,57,70H,4,7-8,24-39,41-44H2,1-2H3,(H,72,79)(H,71,78,80)/t49-,57?/m1/s1. The number of thioether (sulfide) groups is 1. The van der Waals surface area contributed by atoms with Crippen LogP contribution in [0.1, 0.15) is 103 Å². The summed E-state index contributed by atoms with van der Waals surface area (Å²) in [4.78, 5) is 60.6. The highest BCUT2D eigenvalue weighted by Gasteiger charge is 2.49. The van der Waals surface area contributed by atoms with Crippen LogP contribution in [0, 0.1) is 5.41 Å². The van der Waals surface area contributed by atoms with Crippen molar-refractivity contribution in [2.24, 2.45) is 5.41 Å². The molecule has 4 heterocycles. The molecule has 0 saturated carbocycles. The number of ether oxygens (including phenoxy) is 1. The van der Waals surface area contributed by atoms with Crippen molar-refractivity contribution in [1.29, 1.82) is 0 Å². The van der Waals surface area contributed by atoms with Crippen LogP contribution in [0.2, 0.25) is 5.02 Å². The lowest BCUT2D eigenvalue weighted by Gasteiger charge is -2.39. The first kappa shape index (κ1) is 65.5. The summed E-state index contributed by atoms with van der Waals surface area (Å²) in [6.07, 6.45) is 6.59. The van der Waals surface area contributed by atoms with Gasteiger partial charge in [0.2, 0.25) is 11.8 Å². The quantitative estimate of drug-likeness (QED) is 0.0299. The average Bonchev–Trinajstić information content (AvgIpc) is 1.79. The Morgan fingerprint density at radius 3 is 2.19 bits per heavy atom. The van der Waals surface area contributed by atoms with Gasteiger partial charge >= 0.3 is 5.51 Å². The number of halogens is 4. The minimum atomic E-state index is -6.13. The number of hydrogen-bond donors (Lipinski definition) is 3. The number of sulfone groups is 1. The van der Waals surface area contributed by atoms with Crippen molar-refractivity contribution in [2.75, 3.05) is 94.6 Å². The Balaban J connectivity index is 0.716. The van der Waals surface area contributed by atoms with Crippen LogP contribution in [-0.4, -0.2) is 162 Å². The van der Waals surface area contributed by atoms with Crippen molar-refractivity contribution in [3.05, 3.63) is 148 Å². The molecule has 10 rings (SSSR count). The number of piperazine rings is 2. The third kappa shape index (κ3) is 16.4. The molecule has 3 fully saturated rings. The Bertz CT molecular complexity index is 3640. The van der Waals surface area contributed by atoms with Gasteiger partial charge in [0.1, 0.15) is 16.7 Å². The van der Waals surface area contributed by atoms with Crippen LogP contribution in [0.25, 0.3) is 5.57 Å². The van der Waals surface area contributed by atoms with E-state index in [2.05, 4.69) is 56.2 Å². The molecule has 4 amide bonds. The molecule has 3 N–H and O–H groups in total. The first-order valence-electron chi connectivity index (χ1n) is 30.4. The molecule has 5 aromatic carbocycles. The number of carbonyl (C=O) groups excluding carboxylic acids is 4. The van der Waals surface area contributed by atoms with Crippen molar-refractivity contribution >= 4 is 83.8 Å². The SMILES string of the molecule is CC1(C)CCC(c2ccc(Cl)cc2)=C(CN2CCN(c3ccc(C(=O)NS(=O)(=O)c4ccc(N[C@H](CCN5CCN(CCCCCOc6cccc7c6CN(C6CCC(=O)NC6=O)C7=O)CC5)CSc5ccccc5)c(S(=O)(=O)C(F)(F)F)c4)cc3)CC2)C1. The van der Waals surface area contributed by atoms with E-state index in [0.29, 0.717) is 47.7 Å². The van der Waals surface area contributed by atoms with E-state index in [4.69, 9.17) is 16.3 Å². The van der Waals surface area contributed by atoms with Gasteiger partial charge < -0.3 is 29.7 Å². The Kier molecular flexibility index (Phi) is 20.9. The number of rotatable bonds is 24. The number of nitrogens with one attached hydrogen (secondary N) is 3. The number of benzene rings is 5. The number of alkyl halides is 3. The third-order valence-corrected chi connectivity index (χ3v) is 21.7. The van der Waals surface area contributed by atoms with E-state index in [1.54, 1.807) is 24.3 Å². The fourth-order valence-corrected chi connectivity index (χ4v) is 15.5. The van der Waals surface area contributed by atoms with Crippen LogP contribution in [-0.2, 0) is 36.0 Å². The van der Waals surface area contributed by atoms with Crippen molar-refractivity contribution in [3.8, 4) is 5.75 Å². The molecule has 24 heteroatoms. The molecule has 0 aromatic heterocycles. The molecule has 0 bridgehead atoms. The van der Waals surface area contributed by atoms with Gasteiger partial charge in [-0.3, -0.25) is 29.4 Å². The average molecular weight is 1300 g/mol. The van der Waals surface area contributed by atoms with E-state index in [1.807, 2.05) is 53.3 Å². The fraction of sp³-hybridized carbons (Fsp3) is 0.446. The van der Waals surface area contributed by atoms with Crippen molar-refractivity contribution in [1.82, 2.24) is 29.6 Å². The molecule has 89 heavy (non-hydrogen) atoms. The predicted octanol–water partition coefficient (Wildman–Crippen LogP) is 10.1. The lowest BCUT2D eigenvalue weighted by atomic mass is 9.73. The van der Waals surface area contributed by atoms with Gasteiger partial charge in [-0.2, -0.15) is 13.2 Å². The predicted molar refractivity (Wildman–Crippen MR) is 339 cm³/mol. The number of imide groups is 1. The van der Waals surface area contributed by atoms with E-state index in [0.717, 1.165) is 132 Å². The monoisotopic (exact) mass is 1300 g/mol. The van der Waals surface area contributed by atoms with Crippen LogP contribution in [0.15, 0.2) is 136 Å². The number of anilines is 2. The third-order valence-electron chi connectivity index (χ3n) is 17.5. The van der Waals surface area contributed by atoms with Gasteiger partial charge in [-0.1, -0.05) is 67.4 Å². The topological polar surface area (TPSA) is 198 Å². The fourth-order valence-electron chi connectivity index (χ4n) is 12.4. The lowest BCUT2D eigenvalue weighted by molar-refractivity contribution is -0.136. The first-order valence-corrected chi connectivity index (χ1v) is 34.7. The van der Waals surface area contributed by atoms with E-state index in [9.17, 15) is 49.2 Å². The van der Waals surface area contributed by atoms with Crippen LogP contribution in [0.5, 0.6) is 5.75 Å². The summed E-state index contributed by atoms with van der Waals surface area (Å²) in [5, 5.41) is 6.09. The summed E-state index contributed by atoms with van der Waals surface area (Å²) in [7, 11) is -11.0. The number of nitrogens with zero attached hydrogens (tertiary/aromatic N) is 5. The number of hydrogen-bond acceptors (Lipinski definition) is 15. The molecular formula is C65H76ClF3N8O9S3. The molecular weight excluding hydrogens is 1230 g/mol. The second-order valence-electron chi connectivity index (χ2n) is 24.3. The van der Waals surface area contributed by atoms with Crippen molar-refractivity contribution < 1.29 is 53.9 Å². The van der Waals surface area contributed by atoms with Gasteiger partial charge in [0.25, 0.3) is 31.7 Å². The van der Waals surface area contributed by atoms with E-state index in [1.165, 1.54) is 45.5 Å². The van der Waals surface area contributed by atoms with Crippen molar-refractivity contribution in [2.45, 2.75) is 110 Å². The summed E-state index contributed by atoms with van der Waals surface area (Å²) < 4.78 is 106. The zero-order valence-electron chi connectivity index (χ0n) is 50.0. The van der Waals surface area contributed by atoms with Gasteiger partial charge in [0.05, 0.1) is 23.7 Å². The molecule has 5 aromatic rings. The zero-order valence-corrected chi connectivity index (χ0v) is 53.2. The zero-order chi connectivity index (χ0) is 63.1. The second kappa shape index (κ2) is 28.4. The van der Waals surface area contributed by atoms with Crippen LogP contribution >= 0.6 is 23.4 Å². The van der Waals surface area contributed by atoms with Crippen LogP contribution < -0.4 is 25.0 Å². The summed E-state index contributed by atoms with van der Waals surface area (Å²) in [5.41, 5.74) is 0.0708. The molecule has 0 radical (unpaired) electrons. The molecule has 476 valence electrons. The van der Waals surface area contributed by atoms with E-state index < -0.39 is 64.7 Å². The molecule has 2 atom stereocenters. The minimum Gasteiger partial charge on any atom is -0.493 e. The van der Waals surface area contributed by atoms with Gasteiger partial charge in [-0.05, 0) is 153 Å². The van der Waals surface area contributed by atoms with Gasteiger partial charge in [-0.25, -0.2) is 21.6 Å². The number of allylic oxidation sites excluding steroid dienone is 1. The molecule has 1 unspecified atom stereocenters. The Morgan fingerprint density at radius 1 is 0.798 bits per heavy atom. The Morgan fingerprint density at radius 2 is 1.49 bits per heavy atom. The number of fused-ring (bicyclic) bond motifs is 1. The number of sulfonamides is 1. The summed E-state index contributed by atoms with van der Waals surface area (Å²) in [6, 6.07) is 30.3. The normalized spacial score (nSPS) is 19.3.